The van der Waals surface area contributed by atoms with Gasteiger partial charge in [0.15, 0.2) is 11.5 Å². The molecule has 0 saturated carbocycles. The molecule has 1 amide bonds. The van der Waals surface area contributed by atoms with Gasteiger partial charge in [0.25, 0.3) is 5.91 Å². The summed E-state index contributed by atoms with van der Waals surface area (Å²) in [6.45, 7) is 2.30. The first kappa shape index (κ1) is 17.2. The molecule has 0 aromatic carbocycles. The van der Waals surface area contributed by atoms with Crippen LogP contribution in [0, 0.1) is 0 Å². The number of aryl methyl sites for hydroxylation is 1. The van der Waals surface area contributed by atoms with Crippen LogP contribution in [0.1, 0.15) is 55.9 Å². The molecule has 1 aromatic heterocycles. The maximum absolute atomic E-state index is 12.1. The normalized spacial score (nSPS) is 10.4. The van der Waals surface area contributed by atoms with E-state index in [1.807, 2.05) is 0 Å². The average Bonchev–Trinajstić information content (AvgIpc) is 2.82. The number of carbonyl (C=O) groups excluding carboxylic acids is 2. The number of anilines is 1. The van der Waals surface area contributed by atoms with Gasteiger partial charge in [-0.15, -0.1) is 0 Å². The number of rotatable bonds is 10. The van der Waals surface area contributed by atoms with Crippen molar-refractivity contribution in [2.24, 2.45) is 7.05 Å². The van der Waals surface area contributed by atoms with Gasteiger partial charge in [0.05, 0.1) is 6.33 Å². The summed E-state index contributed by atoms with van der Waals surface area (Å²) in [4.78, 5) is 27.0. The molecule has 0 atom stereocenters. The van der Waals surface area contributed by atoms with E-state index in [-0.39, 0.29) is 11.7 Å². The van der Waals surface area contributed by atoms with Crippen LogP contribution in [0.25, 0.3) is 0 Å². The van der Waals surface area contributed by atoms with Crippen molar-refractivity contribution in [3.63, 3.8) is 0 Å². The van der Waals surface area contributed by atoms with Crippen LogP contribution in [-0.4, -0.2) is 34.8 Å². The number of Topliss-reactive ketones (excluding diaryl/α,β-unsaturated/α-hetero) is 1. The Morgan fingerprint density at radius 3 is 2.52 bits per heavy atom. The van der Waals surface area contributed by atoms with Gasteiger partial charge in [0.2, 0.25) is 0 Å². The Kier molecular flexibility index (Phi) is 7.50. The van der Waals surface area contributed by atoms with Crippen molar-refractivity contribution in [2.75, 3.05) is 18.9 Å². The summed E-state index contributed by atoms with van der Waals surface area (Å²) in [5.74, 6) is 0.758. The summed E-state index contributed by atoms with van der Waals surface area (Å²) in [7, 11) is 3.55. The lowest BCUT2D eigenvalue weighted by Crippen LogP contribution is -2.27. The van der Waals surface area contributed by atoms with Gasteiger partial charge in [0.1, 0.15) is 5.78 Å². The minimum atomic E-state index is -0.101. The Labute approximate surface area is 126 Å². The number of nitrogens with zero attached hydrogens (tertiary/aromatic N) is 2. The molecule has 0 radical (unpaired) electrons. The van der Waals surface area contributed by atoms with E-state index in [1.54, 1.807) is 31.9 Å². The van der Waals surface area contributed by atoms with E-state index in [2.05, 4.69) is 15.6 Å². The van der Waals surface area contributed by atoms with Crippen molar-refractivity contribution in [1.82, 2.24) is 14.9 Å². The lowest BCUT2D eigenvalue weighted by Gasteiger charge is -2.07. The number of aromatic nitrogens is 2. The first-order valence-electron chi connectivity index (χ1n) is 7.53. The predicted molar refractivity (Wildman–Crippen MR) is 83.5 cm³/mol. The van der Waals surface area contributed by atoms with Crippen molar-refractivity contribution < 1.29 is 9.59 Å². The zero-order chi connectivity index (χ0) is 15.7. The second-order valence-electron chi connectivity index (χ2n) is 5.28. The van der Waals surface area contributed by atoms with Crippen LogP contribution < -0.4 is 10.6 Å². The van der Waals surface area contributed by atoms with Crippen molar-refractivity contribution in [3.05, 3.63) is 12.0 Å². The highest BCUT2D eigenvalue weighted by molar-refractivity contribution is 5.97. The molecule has 0 aliphatic rings. The maximum Gasteiger partial charge on any atom is 0.271 e. The van der Waals surface area contributed by atoms with Crippen LogP contribution >= 0.6 is 0 Å². The minimum Gasteiger partial charge on any atom is -0.371 e. The number of unbranched alkanes of at least 4 members (excludes halogenated alkanes) is 4. The lowest BCUT2D eigenvalue weighted by molar-refractivity contribution is -0.117. The molecule has 1 aromatic rings. The summed E-state index contributed by atoms with van der Waals surface area (Å²) in [6.07, 6.45) is 7.50. The molecule has 1 heterocycles. The monoisotopic (exact) mass is 294 g/mol. The zero-order valence-electron chi connectivity index (χ0n) is 13.2. The molecule has 1 rings (SSSR count). The van der Waals surface area contributed by atoms with Gasteiger partial charge < -0.3 is 20.0 Å². The molecule has 0 fully saturated rings. The second kappa shape index (κ2) is 9.15. The maximum atomic E-state index is 12.1. The molecule has 6 nitrogen and oxygen atoms in total. The smallest absolute Gasteiger partial charge is 0.271 e. The Hall–Kier alpha value is -1.85. The SMILES string of the molecule is CNc1ncn(C)c1C(=O)NCCCCCCCC(C)=O. The molecule has 0 aliphatic carbocycles. The third kappa shape index (κ3) is 5.97. The van der Waals surface area contributed by atoms with Crippen molar-refractivity contribution >= 4 is 17.5 Å². The van der Waals surface area contributed by atoms with Crippen molar-refractivity contribution in [3.8, 4) is 0 Å². The van der Waals surface area contributed by atoms with E-state index in [0.717, 1.165) is 32.1 Å². The van der Waals surface area contributed by atoms with E-state index in [9.17, 15) is 9.59 Å². The standard InChI is InChI=1S/C15H26N4O2/c1-12(20)9-7-5-4-6-8-10-17-15(21)13-14(16-2)18-11-19(13)3/h11,16H,4-10H2,1-3H3,(H,17,21). The predicted octanol–water partition coefficient (Wildman–Crippen LogP) is 2.12. The van der Waals surface area contributed by atoms with Crippen molar-refractivity contribution in [2.45, 2.75) is 45.4 Å². The van der Waals surface area contributed by atoms with Crippen LogP contribution in [0.4, 0.5) is 5.82 Å². The van der Waals surface area contributed by atoms with Gasteiger partial charge in [-0.05, 0) is 19.8 Å². The van der Waals surface area contributed by atoms with Crippen LogP contribution in [-0.2, 0) is 11.8 Å². The van der Waals surface area contributed by atoms with E-state index in [1.165, 1.54) is 0 Å². The molecule has 0 bridgehead atoms. The molecule has 118 valence electrons. The average molecular weight is 294 g/mol. The summed E-state index contributed by atoms with van der Waals surface area (Å²) in [5, 5.41) is 5.83. The number of amides is 1. The molecular weight excluding hydrogens is 268 g/mol. The molecule has 21 heavy (non-hydrogen) atoms. The number of ketones is 1. The summed E-state index contributed by atoms with van der Waals surface area (Å²) in [6, 6.07) is 0. The molecule has 6 heteroatoms. The molecule has 0 spiro atoms. The molecule has 0 unspecified atom stereocenters. The third-order valence-electron chi connectivity index (χ3n) is 3.38. The number of imidazole rings is 1. The van der Waals surface area contributed by atoms with Gasteiger partial charge >= 0.3 is 0 Å². The zero-order valence-corrected chi connectivity index (χ0v) is 13.2. The second-order valence-corrected chi connectivity index (χ2v) is 5.28. The highest BCUT2D eigenvalue weighted by atomic mass is 16.2. The third-order valence-corrected chi connectivity index (χ3v) is 3.38. The topological polar surface area (TPSA) is 76.0 Å². The molecular formula is C15H26N4O2. The van der Waals surface area contributed by atoms with Gasteiger partial charge in [-0.1, -0.05) is 19.3 Å². The first-order valence-corrected chi connectivity index (χ1v) is 7.53. The minimum absolute atomic E-state index is 0.101. The molecule has 0 aliphatic heterocycles. The van der Waals surface area contributed by atoms with Gasteiger partial charge in [-0.25, -0.2) is 4.98 Å². The first-order chi connectivity index (χ1) is 10.1. The van der Waals surface area contributed by atoms with Gasteiger partial charge in [-0.3, -0.25) is 4.79 Å². The Bertz CT molecular complexity index is 468. The highest BCUT2D eigenvalue weighted by Crippen LogP contribution is 2.11. The fraction of sp³-hybridized carbons (Fsp3) is 0.667. The van der Waals surface area contributed by atoms with E-state index < -0.39 is 0 Å². The summed E-state index contributed by atoms with van der Waals surface area (Å²) >= 11 is 0. The van der Waals surface area contributed by atoms with Crippen LogP contribution in [0.15, 0.2) is 6.33 Å². The van der Waals surface area contributed by atoms with E-state index in [4.69, 9.17) is 0 Å². The number of hydrogen-bond acceptors (Lipinski definition) is 4. The van der Waals surface area contributed by atoms with Gasteiger partial charge in [-0.2, -0.15) is 0 Å². The summed E-state index contributed by atoms with van der Waals surface area (Å²) in [5.41, 5.74) is 0.555. The fourth-order valence-corrected chi connectivity index (χ4v) is 2.20. The quantitative estimate of drug-likeness (QED) is 0.648. The fourth-order valence-electron chi connectivity index (χ4n) is 2.20. The largest absolute Gasteiger partial charge is 0.371 e. The van der Waals surface area contributed by atoms with Crippen LogP contribution in [0.2, 0.25) is 0 Å². The number of nitrogens with one attached hydrogen (secondary N) is 2. The van der Waals surface area contributed by atoms with E-state index >= 15 is 0 Å². The van der Waals surface area contributed by atoms with Crippen LogP contribution in [0.5, 0.6) is 0 Å². The Balaban J connectivity index is 2.16. The lowest BCUT2D eigenvalue weighted by atomic mass is 10.1. The summed E-state index contributed by atoms with van der Waals surface area (Å²) < 4.78 is 1.71. The highest BCUT2D eigenvalue weighted by Gasteiger charge is 2.15. The van der Waals surface area contributed by atoms with Crippen LogP contribution in [0.3, 0.4) is 0 Å². The number of hydrogen-bond donors (Lipinski definition) is 2. The Morgan fingerprint density at radius 2 is 1.86 bits per heavy atom. The molecule has 0 saturated heterocycles. The van der Waals surface area contributed by atoms with Gasteiger partial charge in [0, 0.05) is 27.1 Å². The Morgan fingerprint density at radius 1 is 1.19 bits per heavy atom. The van der Waals surface area contributed by atoms with Crippen molar-refractivity contribution in [1.29, 1.82) is 0 Å². The number of carbonyl (C=O) groups is 2. The van der Waals surface area contributed by atoms with E-state index in [0.29, 0.717) is 24.5 Å². The molecule has 2 N–H and O–H groups in total.